The number of ether oxygens (including phenoxy) is 1. The molecule has 1 atom stereocenters. The van der Waals surface area contributed by atoms with Crippen molar-refractivity contribution in [2.75, 3.05) is 6.61 Å². The molecule has 0 aromatic rings. The molecule has 6 heteroatoms. The zero-order valence-electron chi connectivity index (χ0n) is 8.15. The van der Waals surface area contributed by atoms with Gasteiger partial charge in [-0.25, -0.2) is 4.79 Å². The number of rotatable bonds is 3. The fraction of sp³-hybridized carbons (Fsp3) is 0.500. The first-order valence-electron chi connectivity index (χ1n) is 3.74. The molecule has 6 nitrogen and oxygen atoms in total. The zero-order valence-corrected chi connectivity index (χ0v) is 8.15. The molecule has 0 aliphatic rings. The average Bonchev–Trinajstić information content (AvgIpc) is 2.01. The van der Waals surface area contributed by atoms with E-state index in [-0.39, 0.29) is 12.2 Å². The van der Waals surface area contributed by atoms with Crippen molar-refractivity contribution in [3.63, 3.8) is 0 Å². The van der Waals surface area contributed by atoms with E-state index < -0.39 is 18.2 Å². The summed E-state index contributed by atoms with van der Waals surface area (Å²) in [6.45, 7) is 5.95. The molecule has 0 aliphatic heterocycles. The number of primary amides is 1. The largest absolute Gasteiger partial charge is 0.545 e. The van der Waals surface area contributed by atoms with E-state index in [2.05, 4.69) is 17.0 Å². The molecule has 0 spiro atoms. The number of aliphatic hydroxyl groups is 1. The SMILES string of the molecule is C=C(C)C(=O)[O-].CC(O)COC(N)=O. The summed E-state index contributed by atoms with van der Waals surface area (Å²) in [5, 5.41) is 18.0. The minimum Gasteiger partial charge on any atom is -0.545 e. The molecule has 0 bridgehead atoms. The van der Waals surface area contributed by atoms with Crippen molar-refractivity contribution in [3.05, 3.63) is 12.2 Å². The van der Waals surface area contributed by atoms with Crippen LogP contribution in [-0.2, 0) is 9.53 Å². The van der Waals surface area contributed by atoms with Gasteiger partial charge in [0.15, 0.2) is 0 Å². The molecule has 1 amide bonds. The molecule has 0 fully saturated rings. The predicted molar refractivity (Wildman–Crippen MR) is 47.0 cm³/mol. The molecule has 0 aliphatic carbocycles. The molecule has 0 saturated carbocycles. The second-order valence-electron chi connectivity index (χ2n) is 2.55. The Morgan fingerprint density at radius 2 is 2.00 bits per heavy atom. The van der Waals surface area contributed by atoms with E-state index in [4.69, 9.17) is 5.11 Å². The van der Waals surface area contributed by atoms with Crippen molar-refractivity contribution < 1.29 is 24.5 Å². The van der Waals surface area contributed by atoms with Crippen LogP contribution in [0.15, 0.2) is 12.2 Å². The van der Waals surface area contributed by atoms with Crippen molar-refractivity contribution in [3.8, 4) is 0 Å². The van der Waals surface area contributed by atoms with E-state index in [0.717, 1.165) is 0 Å². The second kappa shape index (κ2) is 8.06. The lowest BCUT2D eigenvalue weighted by atomic mass is 10.4. The van der Waals surface area contributed by atoms with Gasteiger partial charge in [-0.3, -0.25) is 0 Å². The summed E-state index contributed by atoms with van der Waals surface area (Å²) < 4.78 is 4.19. The smallest absolute Gasteiger partial charge is 0.404 e. The minimum atomic E-state index is -1.19. The lowest BCUT2D eigenvalue weighted by Gasteiger charge is -2.01. The molecule has 0 saturated heterocycles. The van der Waals surface area contributed by atoms with Crippen LogP contribution in [0.2, 0.25) is 0 Å². The van der Waals surface area contributed by atoms with E-state index in [1.54, 1.807) is 0 Å². The Hall–Kier alpha value is -1.56. The van der Waals surface area contributed by atoms with Crippen LogP contribution in [0.25, 0.3) is 0 Å². The summed E-state index contributed by atoms with van der Waals surface area (Å²) in [7, 11) is 0. The van der Waals surface area contributed by atoms with Crippen LogP contribution in [0.1, 0.15) is 13.8 Å². The van der Waals surface area contributed by atoms with Gasteiger partial charge in [0.1, 0.15) is 6.61 Å². The van der Waals surface area contributed by atoms with Crippen LogP contribution in [0.5, 0.6) is 0 Å². The zero-order chi connectivity index (χ0) is 11.7. The summed E-state index contributed by atoms with van der Waals surface area (Å²) in [4.78, 5) is 19.3. The Morgan fingerprint density at radius 1 is 1.64 bits per heavy atom. The fourth-order valence-electron chi connectivity index (χ4n) is 0.203. The third-order valence-corrected chi connectivity index (χ3v) is 0.815. The molecule has 0 radical (unpaired) electrons. The number of amides is 1. The Balaban J connectivity index is 0. The Labute approximate surface area is 82.0 Å². The number of nitrogens with two attached hydrogens (primary N) is 1. The van der Waals surface area contributed by atoms with E-state index in [1.807, 2.05) is 0 Å². The molecule has 0 rings (SSSR count). The molecule has 0 heterocycles. The number of carbonyl (C=O) groups excluding carboxylic acids is 2. The summed E-state index contributed by atoms with van der Waals surface area (Å²) in [6.07, 6.45) is -1.49. The molecule has 3 N–H and O–H groups in total. The highest BCUT2D eigenvalue weighted by molar-refractivity contribution is 5.82. The standard InChI is InChI=1S/C4H9NO3.C4H6O2/c1-3(6)2-8-4(5)7;1-3(2)4(5)6/h3,6H,2H2,1H3,(H2,5,7);1H2,2H3,(H,5,6)/p-1. The first kappa shape index (κ1) is 14.9. The molecular weight excluding hydrogens is 190 g/mol. The maximum atomic E-state index is 9.79. The topological polar surface area (TPSA) is 113 Å². The van der Waals surface area contributed by atoms with E-state index >= 15 is 0 Å². The highest BCUT2D eigenvalue weighted by atomic mass is 16.6. The van der Waals surface area contributed by atoms with E-state index in [0.29, 0.717) is 0 Å². The predicted octanol–water partition coefficient (Wildman–Crippen LogP) is -1.23. The minimum absolute atomic E-state index is 0.0324. The van der Waals surface area contributed by atoms with E-state index in [9.17, 15) is 14.7 Å². The second-order valence-corrected chi connectivity index (χ2v) is 2.55. The number of carboxylic acids is 1. The Bertz CT molecular complexity index is 200. The third kappa shape index (κ3) is 16.8. The van der Waals surface area contributed by atoms with Gasteiger partial charge >= 0.3 is 6.09 Å². The van der Waals surface area contributed by atoms with Gasteiger partial charge in [-0.1, -0.05) is 6.58 Å². The highest BCUT2D eigenvalue weighted by Gasteiger charge is 1.96. The number of aliphatic carboxylic acids is 1. The number of carboxylic acid groups (broad SMARTS) is 1. The lowest BCUT2D eigenvalue weighted by Crippen LogP contribution is -2.22. The van der Waals surface area contributed by atoms with Crippen LogP contribution < -0.4 is 10.8 Å². The van der Waals surface area contributed by atoms with Crippen LogP contribution in [0, 0.1) is 0 Å². The monoisotopic (exact) mass is 204 g/mol. The van der Waals surface area contributed by atoms with Gasteiger partial charge < -0.3 is 25.5 Å². The third-order valence-electron chi connectivity index (χ3n) is 0.815. The van der Waals surface area contributed by atoms with Crippen molar-refractivity contribution in [2.24, 2.45) is 5.73 Å². The van der Waals surface area contributed by atoms with Gasteiger partial charge in [-0.05, 0) is 19.4 Å². The van der Waals surface area contributed by atoms with Gasteiger partial charge in [0.2, 0.25) is 0 Å². The average molecular weight is 204 g/mol. The Morgan fingerprint density at radius 3 is 2.07 bits per heavy atom. The summed E-state index contributed by atoms with van der Waals surface area (Å²) >= 11 is 0. The lowest BCUT2D eigenvalue weighted by molar-refractivity contribution is -0.299. The van der Waals surface area contributed by atoms with Gasteiger partial charge in [0, 0.05) is 0 Å². The normalized spacial score (nSPS) is 10.5. The highest BCUT2D eigenvalue weighted by Crippen LogP contribution is 1.80. The first-order chi connectivity index (χ1) is 6.27. The van der Waals surface area contributed by atoms with Crippen molar-refractivity contribution in [1.82, 2.24) is 0 Å². The molecule has 82 valence electrons. The van der Waals surface area contributed by atoms with E-state index in [1.165, 1.54) is 13.8 Å². The summed E-state index contributed by atoms with van der Waals surface area (Å²) in [6, 6.07) is 0. The Kier molecular flexibility index (Phi) is 8.60. The van der Waals surface area contributed by atoms with Gasteiger partial charge in [0.05, 0.1) is 12.1 Å². The van der Waals surface area contributed by atoms with Gasteiger partial charge in [-0.2, -0.15) is 0 Å². The maximum Gasteiger partial charge on any atom is 0.404 e. The van der Waals surface area contributed by atoms with Crippen molar-refractivity contribution in [2.45, 2.75) is 20.0 Å². The maximum absolute atomic E-state index is 9.79. The number of aliphatic hydroxyl groups excluding tert-OH is 1. The van der Waals surface area contributed by atoms with Gasteiger partial charge in [-0.15, -0.1) is 0 Å². The summed E-state index contributed by atoms with van der Waals surface area (Å²) in [5.74, 6) is -1.19. The van der Waals surface area contributed by atoms with Gasteiger partial charge in [0.25, 0.3) is 0 Å². The van der Waals surface area contributed by atoms with Crippen molar-refractivity contribution in [1.29, 1.82) is 0 Å². The summed E-state index contributed by atoms with van der Waals surface area (Å²) in [5.41, 5.74) is 4.63. The van der Waals surface area contributed by atoms with Crippen LogP contribution in [0.3, 0.4) is 0 Å². The number of hydrogen-bond acceptors (Lipinski definition) is 5. The molecule has 0 aromatic heterocycles. The van der Waals surface area contributed by atoms with Crippen LogP contribution >= 0.6 is 0 Å². The number of carbonyl (C=O) groups is 2. The molecule has 14 heavy (non-hydrogen) atoms. The quantitative estimate of drug-likeness (QED) is 0.559. The molecular formula is C8H14NO5-. The van der Waals surface area contributed by atoms with Crippen LogP contribution in [-0.4, -0.2) is 29.9 Å². The fourth-order valence-corrected chi connectivity index (χ4v) is 0.203. The molecule has 0 aromatic carbocycles. The van der Waals surface area contributed by atoms with Crippen LogP contribution in [0.4, 0.5) is 4.79 Å². The van der Waals surface area contributed by atoms with Crippen molar-refractivity contribution >= 4 is 12.1 Å². The number of hydrogen-bond donors (Lipinski definition) is 2. The molecule has 1 unspecified atom stereocenters. The first-order valence-corrected chi connectivity index (χ1v) is 3.74.